The van der Waals surface area contributed by atoms with Crippen LogP contribution >= 0.6 is 0 Å². The van der Waals surface area contributed by atoms with E-state index in [4.69, 9.17) is 4.74 Å². The first-order chi connectivity index (χ1) is 12.5. The Balaban J connectivity index is 1.71. The highest BCUT2D eigenvalue weighted by molar-refractivity contribution is 5.75. The van der Waals surface area contributed by atoms with Gasteiger partial charge in [0.05, 0.1) is 6.33 Å². The summed E-state index contributed by atoms with van der Waals surface area (Å²) in [5.74, 6) is -0.502. The maximum absolute atomic E-state index is 12.3. The first kappa shape index (κ1) is 17.4. The number of nitrogens with zero attached hydrogens (tertiary/aromatic N) is 4. The zero-order valence-corrected chi connectivity index (χ0v) is 14.5. The van der Waals surface area contributed by atoms with E-state index in [0.29, 0.717) is 0 Å². The van der Waals surface area contributed by atoms with Gasteiger partial charge in [-0.25, -0.2) is 9.78 Å². The van der Waals surface area contributed by atoms with E-state index in [1.165, 1.54) is 29.6 Å². The highest BCUT2D eigenvalue weighted by Crippen LogP contribution is 2.06. The summed E-state index contributed by atoms with van der Waals surface area (Å²) in [7, 11) is 2.91. The van der Waals surface area contributed by atoms with Crippen LogP contribution in [-0.4, -0.2) is 31.3 Å². The Kier molecular flexibility index (Phi) is 4.83. The molecule has 8 nitrogen and oxygen atoms in total. The van der Waals surface area contributed by atoms with E-state index in [1.54, 1.807) is 6.08 Å². The number of aromatic nitrogens is 4. The van der Waals surface area contributed by atoms with E-state index in [1.807, 2.05) is 36.4 Å². The third-order valence-corrected chi connectivity index (χ3v) is 3.97. The van der Waals surface area contributed by atoms with Gasteiger partial charge in [-0.1, -0.05) is 36.4 Å². The Morgan fingerprint density at radius 3 is 2.62 bits per heavy atom. The second-order valence-electron chi connectivity index (χ2n) is 5.75. The van der Waals surface area contributed by atoms with Gasteiger partial charge in [-0.3, -0.25) is 18.7 Å². The van der Waals surface area contributed by atoms with Crippen molar-refractivity contribution in [3.8, 4) is 0 Å². The SMILES string of the molecule is Cn1c(=O)c2c(ncn2CC(=O)OCC=Cc2ccccc2)n(C)c1=O. The minimum absolute atomic E-state index is 0.122. The molecule has 0 aliphatic heterocycles. The van der Waals surface area contributed by atoms with Gasteiger partial charge in [-0.2, -0.15) is 0 Å². The van der Waals surface area contributed by atoms with E-state index in [-0.39, 0.29) is 24.3 Å². The van der Waals surface area contributed by atoms with Gasteiger partial charge >= 0.3 is 11.7 Å². The zero-order valence-electron chi connectivity index (χ0n) is 14.5. The van der Waals surface area contributed by atoms with Gasteiger partial charge in [0.25, 0.3) is 5.56 Å². The number of aryl methyl sites for hydroxylation is 1. The van der Waals surface area contributed by atoms with Crippen molar-refractivity contribution >= 4 is 23.2 Å². The van der Waals surface area contributed by atoms with Crippen molar-refractivity contribution in [2.24, 2.45) is 14.1 Å². The Morgan fingerprint density at radius 1 is 1.15 bits per heavy atom. The van der Waals surface area contributed by atoms with Gasteiger partial charge in [0.15, 0.2) is 11.2 Å². The number of hydrogen-bond acceptors (Lipinski definition) is 5. The van der Waals surface area contributed by atoms with E-state index >= 15 is 0 Å². The van der Waals surface area contributed by atoms with Crippen molar-refractivity contribution in [2.75, 3.05) is 6.61 Å². The molecule has 0 fully saturated rings. The number of carbonyl (C=O) groups is 1. The second-order valence-corrected chi connectivity index (χ2v) is 5.75. The molecule has 2 aromatic heterocycles. The average molecular weight is 354 g/mol. The number of carbonyl (C=O) groups excluding carboxylic acids is 1. The number of imidazole rings is 1. The highest BCUT2D eigenvalue weighted by atomic mass is 16.5. The molecule has 1 aromatic carbocycles. The van der Waals surface area contributed by atoms with Crippen LogP contribution in [-0.2, 0) is 30.2 Å². The molecule has 26 heavy (non-hydrogen) atoms. The molecule has 0 spiro atoms. The fraction of sp³-hybridized carbons (Fsp3) is 0.222. The minimum Gasteiger partial charge on any atom is -0.460 e. The summed E-state index contributed by atoms with van der Waals surface area (Å²) in [6.45, 7) is -0.0417. The number of benzene rings is 1. The van der Waals surface area contributed by atoms with Crippen molar-refractivity contribution in [3.63, 3.8) is 0 Å². The standard InChI is InChI=1S/C18H18N4O4/c1-20-16-15(17(24)21(2)18(20)25)22(12-19-16)11-14(23)26-10-6-9-13-7-4-3-5-8-13/h3-9,12H,10-11H2,1-2H3. The molecular weight excluding hydrogens is 336 g/mol. The van der Waals surface area contributed by atoms with Gasteiger partial charge in [0.2, 0.25) is 0 Å². The van der Waals surface area contributed by atoms with Crippen LogP contribution in [0.25, 0.3) is 17.2 Å². The Morgan fingerprint density at radius 2 is 1.88 bits per heavy atom. The number of fused-ring (bicyclic) bond motifs is 1. The van der Waals surface area contributed by atoms with Crippen LogP contribution in [0.4, 0.5) is 0 Å². The number of ether oxygens (including phenoxy) is 1. The van der Waals surface area contributed by atoms with Crippen LogP contribution in [0.15, 0.2) is 52.3 Å². The van der Waals surface area contributed by atoms with Gasteiger partial charge < -0.3 is 9.30 Å². The van der Waals surface area contributed by atoms with Crippen LogP contribution < -0.4 is 11.2 Å². The lowest BCUT2D eigenvalue weighted by Gasteiger charge is -2.06. The molecule has 0 radical (unpaired) electrons. The van der Waals surface area contributed by atoms with Gasteiger partial charge in [-0.15, -0.1) is 0 Å². The lowest BCUT2D eigenvalue weighted by atomic mass is 10.2. The lowest BCUT2D eigenvalue weighted by Crippen LogP contribution is -2.37. The molecule has 3 aromatic rings. The Hall–Kier alpha value is -3.42. The van der Waals surface area contributed by atoms with Crippen LogP contribution in [0.2, 0.25) is 0 Å². The summed E-state index contributed by atoms with van der Waals surface area (Å²) in [4.78, 5) is 40.3. The first-order valence-electron chi connectivity index (χ1n) is 7.97. The fourth-order valence-electron chi connectivity index (χ4n) is 2.59. The predicted octanol–water partition coefficient (Wildman–Crippen LogP) is 0.690. The van der Waals surface area contributed by atoms with Gasteiger partial charge in [0.1, 0.15) is 13.2 Å². The number of esters is 1. The molecule has 134 valence electrons. The van der Waals surface area contributed by atoms with Crippen molar-refractivity contribution in [1.82, 2.24) is 18.7 Å². The summed E-state index contributed by atoms with van der Waals surface area (Å²) in [5.41, 5.74) is 0.452. The number of rotatable bonds is 5. The third kappa shape index (κ3) is 3.34. The molecule has 0 saturated heterocycles. The van der Waals surface area contributed by atoms with E-state index in [2.05, 4.69) is 4.98 Å². The molecule has 0 unspecified atom stereocenters. The average Bonchev–Trinajstić information content (AvgIpc) is 3.06. The van der Waals surface area contributed by atoms with Gasteiger partial charge in [-0.05, 0) is 11.6 Å². The smallest absolute Gasteiger partial charge is 0.332 e. The van der Waals surface area contributed by atoms with Crippen LogP contribution in [0.5, 0.6) is 0 Å². The summed E-state index contributed by atoms with van der Waals surface area (Å²) in [5, 5.41) is 0. The third-order valence-electron chi connectivity index (χ3n) is 3.97. The monoisotopic (exact) mass is 354 g/mol. The molecule has 0 saturated carbocycles. The summed E-state index contributed by atoms with van der Waals surface area (Å²) < 4.78 is 8.79. The van der Waals surface area contributed by atoms with Crippen LogP contribution in [0.3, 0.4) is 0 Å². The van der Waals surface area contributed by atoms with E-state index in [0.717, 1.165) is 10.1 Å². The maximum atomic E-state index is 12.3. The second kappa shape index (κ2) is 7.22. The van der Waals surface area contributed by atoms with E-state index in [9.17, 15) is 14.4 Å². The first-order valence-corrected chi connectivity index (χ1v) is 7.97. The predicted molar refractivity (Wildman–Crippen MR) is 96.7 cm³/mol. The normalized spacial score (nSPS) is 11.3. The molecule has 2 heterocycles. The largest absolute Gasteiger partial charge is 0.460 e. The molecule has 8 heteroatoms. The van der Waals surface area contributed by atoms with Gasteiger partial charge in [0, 0.05) is 14.1 Å². The molecule has 0 amide bonds. The molecule has 0 aliphatic carbocycles. The maximum Gasteiger partial charge on any atom is 0.332 e. The quantitative estimate of drug-likeness (QED) is 0.629. The molecule has 3 rings (SSSR count). The summed E-state index contributed by atoms with van der Waals surface area (Å²) in [6, 6.07) is 9.65. The van der Waals surface area contributed by atoms with E-state index < -0.39 is 17.2 Å². The van der Waals surface area contributed by atoms with Crippen molar-refractivity contribution in [2.45, 2.75) is 6.54 Å². The molecule has 0 atom stereocenters. The van der Waals surface area contributed by atoms with Crippen molar-refractivity contribution < 1.29 is 9.53 Å². The summed E-state index contributed by atoms with van der Waals surface area (Å²) in [6.07, 6.45) is 4.94. The number of hydrogen-bond donors (Lipinski definition) is 0. The Bertz CT molecular complexity index is 1090. The van der Waals surface area contributed by atoms with Crippen LogP contribution in [0, 0.1) is 0 Å². The summed E-state index contributed by atoms with van der Waals surface area (Å²) >= 11 is 0. The molecule has 0 N–H and O–H groups in total. The van der Waals surface area contributed by atoms with Crippen molar-refractivity contribution in [3.05, 3.63) is 69.1 Å². The zero-order chi connectivity index (χ0) is 18.7. The minimum atomic E-state index is -0.502. The lowest BCUT2D eigenvalue weighted by molar-refractivity contribution is -0.143. The molecule has 0 aliphatic rings. The highest BCUT2D eigenvalue weighted by Gasteiger charge is 2.16. The Labute approximate surface area is 148 Å². The van der Waals surface area contributed by atoms with Crippen molar-refractivity contribution in [1.29, 1.82) is 0 Å². The fourth-order valence-corrected chi connectivity index (χ4v) is 2.59. The molecular formula is C18H18N4O4. The molecule has 0 bridgehead atoms. The topological polar surface area (TPSA) is 88.1 Å². The van der Waals surface area contributed by atoms with Crippen LogP contribution in [0.1, 0.15) is 5.56 Å².